The molecule has 114 heavy (non-hydrogen) atoms. The lowest BCUT2D eigenvalue weighted by molar-refractivity contribution is 0.0495. The molecule has 25 heteroatoms. The number of carbonyl (C=O) groups is 6. The lowest BCUT2D eigenvalue weighted by Crippen LogP contribution is -2.34. The van der Waals surface area contributed by atoms with E-state index in [0.717, 1.165) is 17.2 Å². The number of ether oxygens (including phenoxy) is 5. The van der Waals surface area contributed by atoms with E-state index in [1.54, 1.807) is 126 Å². The molecule has 0 spiro atoms. The van der Waals surface area contributed by atoms with Crippen molar-refractivity contribution < 1.29 is 80.2 Å². The van der Waals surface area contributed by atoms with Gasteiger partial charge in [-0.1, -0.05) is 121 Å². The molecule has 0 saturated carbocycles. The number of hydrogen-bond acceptors (Lipinski definition) is 17. The van der Waals surface area contributed by atoms with Crippen molar-refractivity contribution in [3.05, 3.63) is 262 Å². The largest absolute Gasteiger partial charge is 0.478 e. The number of carbonyl (C=O) groups excluding carboxylic acids is 5. The Kier molecular flexibility index (Phi) is 27.4. The molecule has 0 aliphatic rings. The summed E-state index contributed by atoms with van der Waals surface area (Å²) in [5.41, 5.74) is 13.7. The summed E-state index contributed by atoms with van der Waals surface area (Å²) in [6, 6.07) is 50.8. The highest BCUT2D eigenvalue weighted by Crippen LogP contribution is 2.41. The molecule has 12 aromatic rings. The second-order valence-corrected chi connectivity index (χ2v) is 29.5. The monoisotopic (exact) mass is 1550 g/mol. The van der Waals surface area contributed by atoms with Crippen LogP contribution in [-0.4, -0.2) is 97.4 Å². The molecule has 8 aromatic carbocycles. The minimum absolute atomic E-state index is 0.0708. The number of halogens is 4. The Bertz CT molecular complexity index is 5530. The zero-order valence-corrected chi connectivity index (χ0v) is 65.8. The molecule has 0 aliphatic heterocycles. The zero-order valence-electron chi connectivity index (χ0n) is 65.8. The zero-order chi connectivity index (χ0) is 83.3. The van der Waals surface area contributed by atoms with Crippen molar-refractivity contribution >= 4 is 79.8 Å². The minimum Gasteiger partial charge on any atom is -0.478 e. The van der Waals surface area contributed by atoms with Crippen LogP contribution in [0.5, 0.6) is 0 Å². The van der Waals surface area contributed by atoms with E-state index in [0.29, 0.717) is 99.9 Å². The fourth-order valence-electron chi connectivity index (χ4n) is 12.6. The first-order chi connectivity index (χ1) is 53.9. The third-order valence-corrected chi connectivity index (χ3v) is 17.3. The summed E-state index contributed by atoms with van der Waals surface area (Å²) in [5, 5.41) is 29.9. The number of nitrogens with one attached hydrogen (secondary N) is 3. The van der Waals surface area contributed by atoms with Crippen LogP contribution in [0.1, 0.15) is 174 Å². The van der Waals surface area contributed by atoms with Gasteiger partial charge in [0, 0.05) is 49.8 Å². The number of benzene rings is 8. The maximum Gasteiger partial charge on any atom is 0.408 e. The smallest absolute Gasteiger partial charge is 0.408 e. The van der Waals surface area contributed by atoms with Crippen LogP contribution < -0.4 is 21.7 Å². The number of nitrogens with zero attached hydrogens (tertiary/aromatic N) is 4. The maximum absolute atomic E-state index is 14.1. The summed E-state index contributed by atoms with van der Waals surface area (Å²) in [7, 11) is 2.57. The fraction of sp³-hybridized carbons (Fsp3) is 0.258. The van der Waals surface area contributed by atoms with Gasteiger partial charge in [-0.3, -0.25) is 4.98 Å². The van der Waals surface area contributed by atoms with Crippen molar-refractivity contribution in [2.45, 2.75) is 138 Å². The highest BCUT2D eigenvalue weighted by atomic mass is 19.1. The van der Waals surface area contributed by atoms with Gasteiger partial charge in [-0.2, -0.15) is 0 Å². The molecule has 0 saturated heterocycles. The van der Waals surface area contributed by atoms with E-state index in [9.17, 15) is 56.5 Å². The number of rotatable bonds is 15. The van der Waals surface area contributed by atoms with Gasteiger partial charge in [-0.25, -0.2) is 61.3 Å². The van der Waals surface area contributed by atoms with Crippen LogP contribution in [0.25, 0.3) is 88.1 Å². The van der Waals surface area contributed by atoms with Gasteiger partial charge in [0.1, 0.15) is 40.1 Å². The Hall–Kier alpha value is -12.7. The van der Waals surface area contributed by atoms with Crippen LogP contribution in [0.2, 0.25) is 0 Å². The first kappa shape index (κ1) is 85.3. The Morgan fingerprint density at radius 2 is 0.640 bits per heavy atom. The number of fused-ring (bicyclic) bond motifs is 4. The average molecular weight is 1560 g/mol. The van der Waals surface area contributed by atoms with E-state index in [1.807, 2.05) is 91.0 Å². The third kappa shape index (κ3) is 21.3. The molecular formula is C89H90F4N8O13. The first-order valence-corrected chi connectivity index (χ1v) is 36.4. The summed E-state index contributed by atoms with van der Waals surface area (Å²) < 4.78 is 81.6. The first-order valence-electron chi connectivity index (χ1n) is 36.4. The van der Waals surface area contributed by atoms with Crippen LogP contribution >= 0.6 is 0 Å². The van der Waals surface area contributed by atoms with Gasteiger partial charge in [0.25, 0.3) is 0 Å². The summed E-state index contributed by atoms with van der Waals surface area (Å²) >= 11 is 0. The topological polar surface area (TPSA) is 303 Å². The van der Waals surface area contributed by atoms with E-state index in [1.165, 1.54) is 74.9 Å². The molecule has 4 unspecified atom stereocenters. The molecule has 4 aromatic heterocycles. The number of aliphatic hydroxyl groups excluding tert-OH is 1. The average Bonchev–Trinajstić information content (AvgIpc) is 0.777. The van der Waals surface area contributed by atoms with Crippen molar-refractivity contribution in [2.75, 3.05) is 14.2 Å². The molecule has 12 rings (SSSR count). The summed E-state index contributed by atoms with van der Waals surface area (Å²) in [4.78, 5) is 93.1. The number of esters is 2. The van der Waals surface area contributed by atoms with Gasteiger partial charge >= 0.3 is 36.2 Å². The Labute approximate surface area is 657 Å². The molecule has 0 bridgehead atoms. The van der Waals surface area contributed by atoms with E-state index in [4.69, 9.17) is 34.4 Å². The van der Waals surface area contributed by atoms with Crippen molar-refractivity contribution in [3.63, 3.8) is 0 Å². The number of methoxy groups -OCH3 is 2. The SMILES string of the molecule is CC(NC(=O)OC(C)(C)C)c1nc2ccc(F)cc2c(C(=O)O)c1-c1ccccc1.CC(NC(=O)OC(C)(C)C)c1nc2ccc(F)cc2c(CO)c1-c1ccccc1.COC(=O)c1c(-c2ccccc2)c(C(C)N)nc2ccc(F)cc12.COC(=O)c1c(-c2ccccc2)c(C(C)NC(=O)OC(C)(C)C)nc2ccc(F)cc12. The van der Waals surface area contributed by atoms with Crippen molar-refractivity contribution in [1.82, 2.24) is 35.9 Å². The number of amides is 3. The van der Waals surface area contributed by atoms with E-state index < -0.39 is 100 Å². The van der Waals surface area contributed by atoms with Gasteiger partial charge in [0.2, 0.25) is 0 Å². The van der Waals surface area contributed by atoms with Crippen LogP contribution in [0.15, 0.2) is 194 Å². The number of nitrogens with two attached hydrogens (primary N) is 1. The number of pyridine rings is 4. The minimum atomic E-state index is -1.21. The predicted molar refractivity (Wildman–Crippen MR) is 430 cm³/mol. The molecule has 0 aliphatic carbocycles. The Balaban J connectivity index is 0.000000175. The highest BCUT2D eigenvalue weighted by Gasteiger charge is 2.32. The molecule has 4 atom stereocenters. The van der Waals surface area contributed by atoms with Crippen molar-refractivity contribution in [2.24, 2.45) is 5.73 Å². The molecule has 21 nitrogen and oxygen atoms in total. The molecule has 0 fully saturated rings. The number of aliphatic hydroxyl groups is 1. The Morgan fingerprint density at radius 1 is 0.386 bits per heavy atom. The Morgan fingerprint density at radius 3 is 0.921 bits per heavy atom. The second kappa shape index (κ2) is 36.6. The van der Waals surface area contributed by atoms with Crippen molar-refractivity contribution in [3.8, 4) is 44.5 Å². The quantitative estimate of drug-likeness (QED) is 0.0316. The number of aromatic nitrogens is 4. The van der Waals surface area contributed by atoms with E-state index in [-0.39, 0.29) is 28.7 Å². The van der Waals surface area contributed by atoms with Crippen LogP contribution in [0, 0.1) is 23.3 Å². The number of carboxylic acid groups (broad SMARTS) is 1. The van der Waals surface area contributed by atoms with Crippen LogP contribution in [0.4, 0.5) is 31.9 Å². The number of alkyl carbamates (subject to hydrolysis) is 3. The fourth-order valence-corrected chi connectivity index (χ4v) is 12.6. The highest BCUT2D eigenvalue weighted by molar-refractivity contribution is 6.12. The van der Waals surface area contributed by atoms with E-state index in [2.05, 4.69) is 30.9 Å². The summed E-state index contributed by atoms with van der Waals surface area (Å²) in [5.74, 6) is -4.28. The van der Waals surface area contributed by atoms with Crippen molar-refractivity contribution in [1.29, 1.82) is 0 Å². The molecule has 0 radical (unpaired) electrons. The van der Waals surface area contributed by atoms with Gasteiger partial charge < -0.3 is 55.6 Å². The number of carboxylic acids is 1. The molecular weight excluding hydrogens is 1470 g/mol. The summed E-state index contributed by atoms with van der Waals surface area (Å²) in [6.07, 6.45) is -1.82. The maximum atomic E-state index is 14.1. The van der Waals surface area contributed by atoms with Gasteiger partial charge in [-0.15, -0.1) is 0 Å². The molecule has 7 N–H and O–H groups in total. The lowest BCUT2D eigenvalue weighted by atomic mass is 9.92. The normalized spacial score (nSPS) is 12.4. The molecule has 3 amide bonds. The van der Waals surface area contributed by atoms with Crippen LogP contribution in [-0.2, 0) is 30.3 Å². The number of aromatic carboxylic acids is 1. The van der Waals surface area contributed by atoms with Gasteiger partial charge in [0.05, 0.1) is 100 Å². The second-order valence-electron chi connectivity index (χ2n) is 29.5. The molecule has 4 heterocycles. The van der Waals surface area contributed by atoms with Gasteiger partial charge in [-0.05, 0) is 191 Å². The molecule has 592 valence electrons. The standard InChI is InChI=1S/C24H25FN2O4.C23H23FN2O4.C23H25FN2O3.C19H17FN2O2/c1-14(26-23(29)31-24(2,3)4)21-19(15-9-7-6-8-10-15)20(22(28)30-5)17-13-16(25)11-12-18(17)27-21;1-13(25-22(29)30-23(2,3)4)20-18(14-8-6-5-7-9-14)19(21(27)28)16-12-15(24)10-11-17(16)26-20;1-14(25-22(28)29-23(2,3)4)21-20(15-8-6-5-7-9-15)18(13-27)17-12-16(24)10-11-19(17)26-21;1-11(21)18-16(12-6-4-3-5-7-12)17(19(23)24-2)14-10-13(20)8-9-15(14)22-18/h6-14H,1-5H3,(H,26,29);5-13H,1-4H3,(H,25,29)(H,27,28);5-12,14,27H,13H2,1-4H3,(H,25,28);3-11H,21H2,1-2H3. The third-order valence-electron chi connectivity index (χ3n) is 17.3. The lowest BCUT2D eigenvalue weighted by Gasteiger charge is -2.24. The van der Waals surface area contributed by atoms with E-state index >= 15 is 0 Å². The predicted octanol–water partition coefficient (Wildman–Crippen LogP) is 19.7. The van der Waals surface area contributed by atoms with Crippen LogP contribution in [0.3, 0.4) is 0 Å². The number of hydrogen-bond donors (Lipinski definition) is 6. The summed E-state index contributed by atoms with van der Waals surface area (Å²) in [6.45, 7) is 22.7. The van der Waals surface area contributed by atoms with Gasteiger partial charge in [0.15, 0.2) is 0 Å².